The lowest BCUT2D eigenvalue weighted by atomic mass is 10.2. The van der Waals surface area contributed by atoms with Crippen molar-refractivity contribution in [2.24, 2.45) is 0 Å². The minimum absolute atomic E-state index is 0.0166. The highest BCUT2D eigenvalue weighted by atomic mass is 79.9. The van der Waals surface area contributed by atoms with Crippen LogP contribution in [-0.2, 0) is 11.3 Å². The quantitative estimate of drug-likeness (QED) is 0.669. The predicted molar refractivity (Wildman–Crippen MR) is 99.0 cm³/mol. The number of carbonyl (C=O) groups excluding carboxylic acids is 1. The number of nitrogens with one attached hydrogen (secondary N) is 1. The van der Waals surface area contributed by atoms with Crippen molar-refractivity contribution < 1.29 is 9.53 Å². The molecule has 1 heterocycles. The number of hydrogen-bond acceptors (Lipinski definition) is 4. The van der Waals surface area contributed by atoms with Crippen LogP contribution in [0.2, 0.25) is 0 Å². The fourth-order valence-corrected chi connectivity index (χ4v) is 3.11. The molecule has 3 aromatic rings. The van der Waals surface area contributed by atoms with Crippen LogP contribution in [0.4, 0.5) is 0 Å². The Kier molecular flexibility index (Phi) is 5.61. The Morgan fingerprint density at radius 2 is 1.88 bits per heavy atom. The molecule has 0 atom stereocenters. The summed E-state index contributed by atoms with van der Waals surface area (Å²) < 4.78 is 6.40. The number of ether oxygens (including phenoxy) is 1. The predicted octanol–water partition coefficient (Wildman–Crippen LogP) is 4.27. The average Bonchev–Trinajstić information content (AvgIpc) is 3.09. The van der Waals surface area contributed by atoms with Crippen LogP contribution in [0.1, 0.15) is 5.69 Å². The van der Waals surface area contributed by atoms with Crippen LogP contribution in [0.3, 0.4) is 0 Å². The summed E-state index contributed by atoms with van der Waals surface area (Å²) in [5, 5.41) is 5.72. The minimum atomic E-state index is -0.174. The summed E-state index contributed by atoms with van der Waals surface area (Å²) in [6.07, 6.45) is 0. The molecule has 122 valence electrons. The minimum Gasteiger partial charge on any atom is -0.484 e. The number of hydrogen-bond donors (Lipinski definition) is 1. The monoisotopic (exact) mass is 402 g/mol. The number of aromatic nitrogens is 1. The molecule has 24 heavy (non-hydrogen) atoms. The summed E-state index contributed by atoms with van der Waals surface area (Å²) in [7, 11) is 0. The molecule has 0 spiro atoms. The van der Waals surface area contributed by atoms with E-state index in [-0.39, 0.29) is 12.5 Å². The first-order valence-corrected chi connectivity index (χ1v) is 9.03. The van der Waals surface area contributed by atoms with E-state index in [1.807, 2.05) is 60.0 Å². The highest BCUT2D eigenvalue weighted by molar-refractivity contribution is 9.10. The number of rotatable bonds is 6. The van der Waals surface area contributed by atoms with Crippen molar-refractivity contribution in [1.82, 2.24) is 10.3 Å². The molecule has 0 unspecified atom stereocenters. The van der Waals surface area contributed by atoms with Gasteiger partial charge in [-0.3, -0.25) is 4.79 Å². The van der Waals surface area contributed by atoms with Gasteiger partial charge in [0.2, 0.25) is 0 Å². The van der Waals surface area contributed by atoms with Gasteiger partial charge in [-0.15, -0.1) is 11.3 Å². The molecule has 0 saturated heterocycles. The third-order valence-electron chi connectivity index (χ3n) is 3.22. The molecule has 0 aliphatic heterocycles. The SMILES string of the molecule is O=C(COc1ccc(Br)cc1)NCc1csc(-c2ccccc2)n1. The van der Waals surface area contributed by atoms with Crippen LogP contribution in [-0.4, -0.2) is 17.5 Å². The largest absolute Gasteiger partial charge is 0.484 e. The normalized spacial score (nSPS) is 10.4. The highest BCUT2D eigenvalue weighted by Crippen LogP contribution is 2.23. The molecule has 3 rings (SSSR count). The van der Waals surface area contributed by atoms with Crippen LogP contribution in [0.5, 0.6) is 5.75 Å². The van der Waals surface area contributed by atoms with E-state index in [1.54, 1.807) is 11.3 Å². The molecule has 0 aliphatic rings. The van der Waals surface area contributed by atoms with Crippen molar-refractivity contribution in [3.8, 4) is 16.3 Å². The van der Waals surface area contributed by atoms with Crippen molar-refractivity contribution in [1.29, 1.82) is 0 Å². The Labute approximate surface area is 152 Å². The molecule has 1 amide bonds. The number of halogens is 1. The van der Waals surface area contributed by atoms with Gasteiger partial charge in [0.15, 0.2) is 6.61 Å². The first-order valence-electron chi connectivity index (χ1n) is 7.35. The summed E-state index contributed by atoms with van der Waals surface area (Å²) in [4.78, 5) is 16.4. The number of carbonyl (C=O) groups is 1. The Morgan fingerprint density at radius 1 is 1.12 bits per heavy atom. The van der Waals surface area contributed by atoms with Gasteiger partial charge in [-0.1, -0.05) is 46.3 Å². The summed E-state index contributed by atoms with van der Waals surface area (Å²) in [6, 6.07) is 17.3. The van der Waals surface area contributed by atoms with E-state index < -0.39 is 0 Å². The van der Waals surface area contributed by atoms with Crippen LogP contribution < -0.4 is 10.1 Å². The third-order valence-corrected chi connectivity index (χ3v) is 4.69. The van der Waals surface area contributed by atoms with Gasteiger partial charge in [-0.2, -0.15) is 0 Å². The fraction of sp³-hybridized carbons (Fsp3) is 0.111. The zero-order valence-corrected chi connectivity index (χ0v) is 15.1. The molecule has 4 nitrogen and oxygen atoms in total. The van der Waals surface area contributed by atoms with Crippen molar-refractivity contribution in [2.45, 2.75) is 6.54 Å². The Bertz CT molecular complexity index is 803. The van der Waals surface area contributed by atoms with Crippen molar-refractivity contribution in [2.75, 3.05) is 6.61 Å². The number of nitrogens with zero attached hydrogens (tertiary/aromatic N) is 1. The first-order chi connectivity index (χ1) is 11.7. The first kappa shape index (κ1) is 16.7. The average molecular weight is 403 g/mol. The second kappa shape index (κ2) is 8.08. The zero-order chi connectivity index (χ0) is 16.8. The zero-order valence-electron chi connectivity index (χ0n) is 12.7. The third kappa shape index (κ3) is 4.66. The number of amides is 1. The molecule has 6 heteroatoms. The highest BCUT2D eigenvalue weighted by Gasteiger charge is 2.07. The lowest BCUT2D eigenvalue weighted by Gasteiger charge is -2.06. The molecular weight excluding hydrogens is 388 g/mol. The van der Waals surface area contributed by atoms with Crippen LogP contribution in [0.15, 0.2) is 64.5 Å². The standard InChI is InChI=1S/C18H15BrN2O2S/c19-14-6-8-16(9-7-14)23-11-17(22)20-10-15-12-24-18(21-15)13-4-2-1-3-5-13/h1-9,12H,10-11H2,(H,20,22). The smallest absolute Gasteiger partial charge is 0.258 e. The van der Waals surface area contributed by atoms with Gasteiger partial charge in [0, 0.05) is 15.4 Å². The van der Waals surface area contributed by atoms with E-state index in [4.69, 9.17) is 4.74 Å². The Balaban J connectivity index is 1.48. The molecule has 0 bridgehead atoms. The molecule has 0 saturated carbocycles. The van der Waals surface area contributed by atoms with E-state index in [9.17, 15) is 4.79 Å². The van der Waals surface area contributed by atoms with Gasteiger partial charge in [0.05, 0.1) is 12.2 Å². The summed E-state index contributed by atoms with van der Waals surface area (Å²) >= 11 is 4.92. The van der Waals surface area contributed by atoms with Gasteiger partial charge in [-0.05, 0) is 24.3 Å². The van der Waals surface area contributed by atoms with Crippen LogP contribution in [0, 0.1) is 0 Å². The Hall–Kier alpha value is -2.18. The maximum Gasteiger partial charge on any atom is 0.258 e. The summed E-state index contributed by atoms with van der Waals surface area (Å²) in [6.45, 7) is 0.378. The van der Waals surface area contributed by atoms with E-state index in [0.717, 1.165) is 20.7 Å². The Morgan fingerprint density at radius 3 is 2.62 bits per heavy atom. The molecule has 1 aromatic heterocycles. The topological polar surface area (TPSA) is 51.2 Å². The summed E-state index contributed by atoms with van der Waals surface area (Å²) in [5.41, 5.74) is 1.93. The molecule has 2 aromatic carbocycles. The maximum absolute atomic E-state index is 11.9. The fourth-order valence-electron chi connectivity index (χ4n) is 2.02. The molecule has 0 radical (unpaired) electrons. The molecule has 1 N–H and O–H groups in total. The van der Waals surface area contributed by atoms with Gasteiger partial charge in [0.1, 0.15) is 10.8 Å². The lowest BCUT2D eigenvalue weighted by molar-refractivity contribution is -0.123. The second-order valence-electron chi connectivity index (χ2n) is 5.03. The lowest BCUT2D eigenvalue weighted by Crippen LogP contribution is -2.28. The van der Waals surface area contributed by atoms with Gasteiger partial charge >= 0.3 is 0 Å². The van der Waals surface area contributed by atoms with E-state index >= 15 is 0 Å². The van der Waals surface area contributed by atoms with E-state index in [1.165, 1.54) is 0 Å². The molecular formula is C18H15BrN2O2S. The molecule has 0 aliphatic carbocycles. The van der Waals surface area contributed by atoms with Gasteiger partial charge in [-0.25, -0.2) is 4.98 Å². The van der Waals surface area contributed by atoms with Crippen molar-refractivity contribution >= 4 is 33.2 Å². The van der Waals surface area contributed by atoms with Crippen molar-refractivity contribution in [3.05, 3.63) is 70.1 Å². The van der Waals surface area contributed by atoms with E-state index in [2.05, 4.69) is 26.2 Å². The van der Waals surface area contributed by atoms with Gasteiger partial charge in [0.25, 0.3) is 5.91 Å². The molecule has 0 fully saturated rings. The van der Waals surface area contributed by atoms with Crippen LogP contribution in [0.25, 0.3) is 10.6 Å². The number of benzene rings is 2. The number of thiazole rings is 1. The van der Waals surface area contributed by atoms with Crippen LogP contribution >= 0.6 is 27.3 Å². The maximum atomic E-state index is 11.9. The van der Waals surface area contributed by atoms with Gasteiger partial charge < -0.3 is 10.1 Å². The van der Waals surface area contributed by atoms with E-state index in [0.29, 0.717) is 12.3 Å². The van der Waals surface area contributed by atoms with Crippen molar-refractivity contribution in [3.63, 3.8) is 0 Å². The second-order valence-corrected chi connectivity index (χ2v) is 6.80. The summed E-state index contributed by atoms with van der Waals surface area (Å²) in [5.74, 6) is 0.487.